The topological polar surface area (TPSA) is 12.0 Å². The Morgan fingerprint density at radius 1 is 1.18 bits per heavy atom. The van der Waals surface area contributed by atoms with Crippen molar-refractivity contribution in [2.75, 3.05) is 6.54 Å². The minimum Gasteiger partial charge on any atom is -0.309 e. The summed E-state index contributed by atoms with van der Waals surface area (Å²) < 4.78 is 23.3. The van der Waals surface area contributed by atoms with E-state index >= 15 is 0 Å². The van der Waals surface area contributed by atoms with Crippen LogP contribution in [0.25, 0.3) is 0 Å². The van der Waals surface area contributed by atoms with E-state index in [2.05, 4.69) is 19.2 Å². The Morgan fingerprint density at radius 3 is 2.09 bits per heavy atom. The summed E-state index contributed by atoms with van der Waals surface area (Å²) in [5, 5.41) is 2.76. The summed E-state index contributed by atoms with van der Waals surface area (Å²) in [5.41, 5.74) is 0. The molecule has 0 aromatic carbocycles. The van der Waals surface area contributed by atoms with Gasteiger partial charge in [-0.1, -0.05) is 13.8 Å². The fourth-order valence-corrected chi connectivity index (χ4v) is 1.08. The van der Waals surface area contributed by atoms with E-state index in [1.807, 2.05) is 6.92 Å². The van der Waals surface area contributed by atoms with Crippen LogP contribution in [-0.2, 0) is 0 Å². The van der Waals surface area contributed by atoms with Crippen LogP contribution in [-0.4, -0.2) is 19.0 Å². The molecule has 1 N–H and O–H groups in total. The highest BCUT2D eigenvalue weighted by Gasteiger charge is 2.07. The van der Waals surface area contributed by atoms with Crippen molar-refractivity contribution in [3.8, 4) is 0 Å². The number of hydrogen-bond acceptors (Lipinski definition) is 1. The molecule has 1 unspecified atom stereocenters. The van der Waals surface area contributed by atoms with Crippen molar-refractivity contribution in [2.45, 2.75) is 39.7 Å². The van der Waals surface area contributed by atoms with E-state index in [4.69, 9.17) is 0 Å². The molecule has 0 saturated carbocycles. The molecule has 0 fully saturated rings. The highest BCUT2D eigenvalue weighted by molar-refractivity contribution is 4.62. The van der Waals surface area contributed by atoms with Gasteiger partial charge in [0.15, 0.2) is 0 Å². The Balaban J connectivity index is 3.29. The molecular weight excluding hydrogens is 148 g/mol. The molecule has 0 amide bonds. The normalized spacial score (nSPS) is 14.5. The van der Waals surface area contributed by atoms with Crippen LogP contribution in [0, 0.1) is 5.92 Å². The van der Waals surface area contributed by atoms with Gasteiger partial charge in [-0.05, 0) is 19.3 Å². The Kier molecular flexibility index (Phi) is 5.38. The van der Waals surface area contributed by atoms with E-state index in [0.29, 0.717) is 5.92 Å². The van der Waals surface area contributed by atoms with Gasteiger partial charge in [-0.25, -0.2) is 8.78 Å². The van der Waals surface area contributed by atoms with E-state index in [1.165, 1.54) is 0 Å². The molecule has 11 heavy (non-hydrogen) atoms. The summed E-state index contributed by atoms with van der Waals surface area (Å²) in [6.07, 6.45) is -1.28. The number of rotatable bonds is 5. The smallest absolute Gasteiger partial charge is 0.250 e. The van der Waals surface area contributed by atoms with Crippen LogP contribution < -0.4 is 5.32 Å². The van der Waals surface area contributed by atoms with Crippen LogP contribution in [0.15, 0.2) is 0 Å². The largest absolute Gasteiger partial charge is 0.309 e. The molecule has 0 aromatic rings. The third-order valence-electron chi connectivity index (χ3n) is 1.45. The predicted molar refractivity (Wildman–Crippen MR) is 42.9 cm³/mol. The van der Waals surface area contributed by atoms with E-state index in [-0.39, 0.29) is 12.6 Å². The molecule has 0 aliphatic carbocycles. The van der Waals surface area contributed by atoms with Gasteiger partial charge in [0.25, 0.3) is 6.43 Å². The number of nitrogens with one attached hydrogen (secondary N) is 1. The van der Waals surface area contributed by atoms with Crippen LogP contribution >= 0.6 is 0 Å². The molecule has 1 atom stereocenters. The minimum absolute atomic E-state index is 0.187. The average molecular weight is 165 g/mol. The molecule has 3 heteroatoms. The first-order valence-electron chi connectivity index (χ1n) is 4.04. The zero-order chi connectivity index (χ0) is 8.85. The number of hydrogen-bond donors (Lipinski definition) is 1. The van der Waals surface area contributed by atoms with Gasteiger partial charge < -0.3 is 5.32 Å². The fraction of sp³-hybridized carbons (Fsp3) is 1.00. The molecule has 0 radical (unpaired) electrons. The zero-order valence-electron chi connectivity index (χ0n) is 7.40. The molecular formula is C8H17F2N. The summed E-state index contributed by atoms with van der Waals surface area (Å²) in [4.78, 5) is 0. The summed E-state index contributed by atoms with van der Waals surface area (Å²) in [6, 6.07) is 0.198. The van der Waals surface area contributed by atoms with Crippen molar-refractivity contribution in [1.82, 2.24) is 5.32 Å². The second-order valence-electron chi connectivity index (χ2n) is 3.33. The third kappa shape index (κ3) is 7.72. The van der Waals surface area contributed by atoms with E-state index < -0.39 is 6.43 Å². The maximum Gasteiger partial charge on any atom is 0.250 e. The van der Waals surface area contributed by atoms with Crippen LogP contribution in [0.4, 0.5) is 8.78 Å². The average Bonchev–Trinajstić information content (AvgIpc) is 1.82. The molecule has 0 aliphatic heterocycles. The summed E-state index contributed by atoms with van der Waals surface area (Å²) >= 11 is 0. The van der Waals surface area contributed by atoms with E-state index in [0.717, 1.165) is 6.42 Å². The molecule has 0 heterocycles. The quantitative estimate of drug-likeness (QED) is 0.659. The highest BCUT2D eigenvalue weighted by Crippen LogP contribution is 2.03. The first-order valence-corrected chi connectivity index (χ1v) is 4.04. The molecule has 0 rings (SSSR count). The van der Waals surface area contributed by atoms with Gasteiger partial charge in [0.05, 0.1) is 6.54 Å². The monoisotopic (exact) mass is 165 g/mol. The van der Waals surface area contributed by atoms with Crippen molar-refractivity contribution in [3.05, 3.63) is 0 Å². The lowest BCUT2D eigenvalue weighted by atomic mass is 10.1. The molecule has 0 bridgehead atoms. The van der Waals surface area contributed by atoms with Crippen molar-refractivity contribution < 1.29 is 8.78 Å². The minimum atomic E-state index is -2.23. The Labute approximate surface area is 67.2 Å². The van der Waals surface area contributed by atoms with Crippen molar-refractivity contribution in [3.63, 3.8) is 0 Å². The molecule has 1 nitrogen and oxygen atoms in total. The molecule has 0 saturated heterocycles. The van der Waals surface area contributed by atoms with Crippen molar-refractivity contribution in [2.24, 2.45) is 5.92 Å². The maximum absolute atomic E-state index is 11.7. The van der Waals surface area contributed by atoms with Crippen LogP contribution in [0.1, 0.15) is 27.2 Å². The second-order valence-corrected chi connectivity index (χ2v) is 3.33. The lowest BCUT2D eigenvalue weighted by Gasteiger charge is -2.15. The summed E-state index contributed by atoms with van der Waals surface area (Å²) in [5.74, 6) is 0.565. The van der Waals surface area contributed by atoms with Crippen molar-refractivity contribution >= 4 is 0 Å². The van der Waals surface area contributed by atoms with Crippen LogP contribution in [0.3, 0.4) is 0 Å². The lowest BCUT2D eigenvalue weighted by molar-refractivity contribution is 0.140. The highest BCUT2D eigenvalue weighted by atomic mass is 19.3. The Bertz CT molecular complexity index is 94.1. The SMILES string of the molecule is CC(C)CC(C)NCC(F)F. The van der Waals surface area contributed by atoms with E-state index in [9.17, 15) is 8.78 Å². The van der Waals surface area contributed by atoms with Crippen LogP contribution in [0.5, 0.6) is 0 Å². The van der Waals surface area contributed by atoms with Gasteiger partial charge in [0.2, 0.25) is 0 Å². The Morgan fingerprint density at radius 2 is 1.73 bits per heavy atom. The number of halogens is 2. The van der Waals surface area contributed by atoms with Gasteiger partial charge >= 0.3 is 0 Å². The van der Waals surface area contributed by atoms with Gasteiger partial charge in [-0.2, -0.15) is 0 Å². The Hall–Kier alpha value is -0.180. The molecule has 0 aromatic heterocycles. The fourth-order valence-electron chi connectivity index (χ4n) is 1.08. The van der Waals surface area contributed by atoms with E-state index in [1.54, 1.807) is 0 Å². The van der Waals surface area contributed by atoms with Crippen molar-refractivity contribution in [1.29, 1.82) is 0 Å². The lowest BCUT2D eigenvalue weighted by Crippen LogP contribution is -2.31. The number of alkyl halides is 2. The zero-order valence-corrected chi connectivity index (χ0v) is 7.40. The first-order chi connectivity index (χ1) is 5.02. The predicted octanol–water partition coefficient (Wildman–Crippen LogP) is 2.28. The van der Waals surface area contributed by atoms with Crippen LogP contribution in [0.2, 0.25) is 0 Å². The molecule has 68 valence electrons. The third-order valence-corrected chi connectivity index (χ3v) is 1.45. The molecule has 0 spiro atoms. The molecule has 0 aliphatic rings. The second kappa shape index (κ2) is 5.47. The van der Waals surface area contributed by atoms with Gasteiger partial charge in [0.1, 0.15) is 0 Å². The van der Waals surface area contributed by atoms with Gasteiger partial charge in [0, 0.05) is 6.04 Å². The van der Waals surface area contributed by atoms with Gasteiger partial charge in [-0.3, -0.25) is 0 Å². The first kappa shape index (κ1) is 10.8. The maximum atomic E-state index is 11.7. The summed E-state index contributed by atoms with van der Waals surface area (Å²) in [7, 11) is 0. The summed E-state index contributed by atoms with van der Waals surface area (Å²) in [6.45, 7) is 5.91. The van der Waals surface area contributed by atoms with Gasteiger partial charge in [-0.15, -0.1) is 0 Å². The standard InChI is InChI=1S/C8H17F2N/c1-6(2)4-7(3)11-5-8(9)10/h6-8,11H,4-5H2,1-3H3.